The number of nitrogens with zero attached hydrogens (tertiary/aromatic N) is 7. The first-order valence-electron chi connectivity index (χ1n) is 18.5. The second kappa shape index (κ2) is 14.9. The zero-order valence-corrected chi connectivity index (χ0v) is 31.2. The van der Waals surface area contributed by atoms with Crippen LogP contribution in [0, 0.1) is 0 Å². The molecule has 3 atom stereocenters. The van der Waals surface area contributed by atoms with Crippen LogP contribution in [0.5, 0.6) is 11.5 Å². The molecule has 4 heterocycles. The fraction of sp³-hybridized carbons (Fsp3) is 0.450. The van der Waals surface area contributed by atoms with Crippen LogP contribution in [0.1, 0.15) is 88.8 Å². The normalized spacial score (nSPS) is 19.1. The summed E-state index contributed by atoms with van der Waals surface area (Å²) in [4.78, 5) is 18.1. The number of aromatic nitrogens is 5. The highest BCUT2D eigenvalue weighted by Gasteiger charge is 2.31. The highest BCUT2D eigenvalue weighted by Crippen LogP contribution is 2.39. The molecule has 7 rings (SSSR count). The third-order valence-electron chi connectivity index (χ3n) is 10.0. The number of anilines is 2. The second-order valence-corrected chi connectivity index (χ2v) is 15.3. The molecule has 52 heavy (non-hydrogen) atoms. The minimum atomic E-state index is -0.295. The molecule has 5 aromatic rings. The van der Waals surface area contributed by atoms with Crippen LogP contribution in [0.25, 0.3) is 11.3 Å². The molecule has 2 aromatic carbocycles. The van der Waals surface area contributed by atoms with Crippen molar-refractivity contribution in [3.63, 3.8) is 0 Å². The van der Waals surface area contributed by atoms with Crippen molar-refractivity contribution in [3.8, 4) is 17.2 Å². The van der Waals surface area contributed by atoms with Crippen molar-refractivity contribution >= 4 is 23.4 Å². The monoisotopic (exact) mass is 705 g/mol. The van der Waals surface area contributed by atoms with E-state index in [1.807, 2.05) is 79.3 Å². The third kappa shape index (κ3) is 7.72. The fourth-order valence-corrected chi connectivity index (χ4v) is 7.10. The standard InChI is InChI=1S/C40H51N9O3/c1-27-12-9-10-21-47(27)39-44-43-36-20-17-30(26-48(36)39)52-34-19-18-33(31-15-7-8-16-32(31)34)41-38(50)42-37-25-35(40(2,3)4)45-49(37)28-13-11-14-29(24-28)51-23-22-46(5)6/h7-8,11,13-17,20,24-27,33-34H,9-10,12,18-19,21-23H2,1-6H3,(H2,41,42,50)/t27-,33-,34-/m0/s1. The quantitative estimate of drug-likeness (QED) is 0.156. The summed E-state index contributed by atoms with van der Waals surface area (Å²) in [6, 6.07) is 21.8. The van der Waals surface area contributed by atoms with E-state index >= 15 is 0 Å². The molecule has 0 spiro atoms. The van der Waals surface area contributed by atoms with E-state index in [9.17, 15) is 4.79 Å². The van der Waals surface area contributed by atoms with Gasteiger partial charge >= 0.3 is 6.03 Å². The molecule has 274 valence electrons. The maximum Gasteiger partial charge on any atom is 0.320 e. The molecule has 1 fully saturated rings. The van der Waals surface area contributed by atoms with E-state index in [0.717, 1.165) is 84.4 Å². The number of nitrogens with one attached hydrogen (secondary N) is 2. The molecular formula is C40H51N9O3. The van der Waals surface area contributed by atoms with Gasteiger partial charge in [0.15, 0.2) is 5.65 Å². The zero-order valence-electron chi connectivity index (χ0n) is 31.2. The highest BCUT2D eigenvalue weighted by molar-refractivity contribution is 5.89. The van der Waals surface area contributed by atoms with Gasteiger partial charge in [0.25, 0.3) is 0 Å². The molecule has 3 aromatic heterocycles. The van der Waals surface area contributed by atoms with Gasteiger partial charge in [-0.15, -0.1) is 10.2 Å². The molecule has 2 amide bonds. The maximum absolute atomic E-state index is 13.7. The average Bonchev–Trinajstić information content (AvgIpc) is 3.74. The number of likely N-dealkylation sites (N-methyl/N-ethyl adjacent to an activating group) is 1. The van der Waals surface area contributed by atoms with E-state index in [1.165, 1.54) is 6.42 Å². The molecule has 12 nitrogen and oxygen atoms in total. The van der Waals surface area contributed by atoms with Crippen LogP contribution in [0.2, 0.25) is 0 Å². The van der Waals surface area contributed by atoms with Gasteiger partial charge < -0.3 is 24.6 Å². The Hall–Kier alpha value is -5.10. The lowest BCUT2D eigenvalue weighted by Crippen LogP contribution is -2.38. The molecule has 0 saturated carbocycles. The summed E-state index contributed by atoms with van der Waals surface area (Å²) in [7, 11) is 4.04. The summed E-state index contributed by atoms with van der Waals surface area (Å²) in [5, 5.41) is 20.3. The van der Waals surface area contributed by atoms with Gasteiger partial charge in [-0.25, -0.2) is 9.48 Å². The summed E-state index contributed by atoms with van der Waals surface area (Å²) in [6.07, 6.45) is 6.86. The fourth-order valence-electron chi connectivity index (χ4n) is 7.10. The Morgan fingerprint density at radius 3 is 2.56 bits per heavy atom. The van der Waals surface area contributed by atoms with Crippen molar-refractivity contribution in [2.24, 2.45) is 0 Å². The van der Waals surface area contributed by atoms with Crippen molar-refractivity contribution in [1.82, 2.24) is 34.6 Å². The van der Waals surface area contributed by atoms with E-state index in [4.69, 9.17) is 14.6 Å². The van der Waals surface area contributed by atoms with Crippen LogP contribution in [-0.2, 0) is 5.41 Å². The Morgan fingerprint density at radius 1 is 0.942 bits per heavy atom. The van der Waals surface area contributed by atoms with Gasteiger partial charge in [0.1, 0.15) is 30.0 Å². The van der Waals surface area contributed by atoms with Crippen molar-refractivity contribution < 1.29 is 14.3 Å². The van der Waals surface area contributed by atoms with Crippen molar-refractivity contribution in [1.29, 1.82) is 0 Å². The number of fused-ring (bicyclic) bond motifs is 2. The van der Waals surface area contributed by atoms with Gasteiger partial charge in [0, 0.05) is 36.7 Å². The summed E-state index contributed by atoms with van der Waals surface area (Å²) >= 11 is 0. The van der Waals surface area contributed by atoms with Crippen LogP contribution < -0.4 is 25.0 Å². The molecule has 1 saturated heterocycles. The van der Waals surface area contributed by atoms with Gasteiger partial charge in [-0.2, -0.15) is 5.10 Å². The number of piperidine rings is 1. The van der Waals surface area contributed by atoms with Gasteiger partial charge in [0.2, 0.25) is 5.95 Å². The SMILES string of the molecule is C[C@H]1CCCCN1c1nnc2ccc(O[C@H]3CC[C@H](NC(=O)Nc4cc(C(C)(C)C)nn4-c4cccc(OCCN(C)C)c4)c4ccccc43)cn12. The van der Waals surface area contributed by atoms with Gasteiger partial charge in [-0.1, -0.05) is 51.1 Å². The number of amides is 2. The number of urea groups is 1. The maximum atomic E-state index is 13.7. The number of pyridine rings is 1. The van der Waals surface area contributed by atoms with Crippen LogP contribution in [0.3, 0.4) is 0 Å². The summed E-state index contributed by atoms with van der Waals surface area (Å²) in [5.74, 6) is 2.96. The topological polar surface area (TPSA) is 114 Å². The van der Waals surface area contributed by atoms with Crippen LogP contribution in [0.4, 0.5) is 16.6 Å². The van der Waals surface area contributed by atoms with Crippen LogP contribution in [0.15, 0.2) is 72.9 Å². The van der Waals surface area contributed by atoms with Crippen LogP contribution >= 0.6 is 0 Å². The predicted molar refractivity (Wildman–Crippen MR) is 204 cm³/mol. The minimum absolute atomic E-state index is 0.161. The summed E-state index contributed by atoms with van der Waals surface area (Å²) < 4.78 is 16.5. The summed E-state index contributed by atoms with van der Waals surface area (Å²) in [6.45, 7) is 10.9. The Bertz CT molecular complexity index is 2010. The zero-order chi connectivity index (χ0) is 36.4. The lowest BCUT2D eigenvalue weighted by Gasteiger charge is -2.33. The number of ether oxygens (including phenoxy) is 2. The molecule has 1 aliphatic carbocycles. The van der Waals surface area contributed by atoms with E-state index < -0.39 is 0 Å². The van der Waals surface area contributed by atoms with E-state index in [0.29, 0.717) is 18.5 Å². The number of carbonyl (C=O) groups excluding carboxylic acids is 1. The Balaban J connectivity index is 1.07. The lowest BCUT2D eigenvalue weighted by atomic mass is 9.85. The number of hydrogen-bond acceptors (Lipinski definition) is 8. The molecule has 1 aliphatic heterocycles. The third-order valence-corrected chi connectivity index (χ3v) is 10.0. The minimum Gasteiger partial charge on any atom is -0.492 e. The van der Waals surface area contributed by atoms with Gasteiger partial charge in [0.05, 0.1) is 23.6 Å². The van der Waals surface area contributed by atoms with Crippen molar-refractivity contribution in [2.45, 2.75) is 83.4 Å². The Morgan fingerprint density at radius 2 is 1.77 bits per heavy atom. The van der Waals surface area contributed by atoms with Gasteiger partial charge in [-0.05, 0) is 88.5 Å². The van der Waals surface area contributed by atoms with Crippen LogP contribution in [-0.4, -0.2) is 75.1 Å². The smallest absolute Gasteiger partial charge is 0.320 e. The number of carbonyl (C=O) groups is 1. The molecule has 2 aliphatic rings. The number of rotatable bonds is 10. The second-order valence-electron chi connectivity index (χ2n) is 15.3. The number of hydrogen-bond donors (Lipinski definition) is 2. The predicted octanol–water partition coefficient (Wildman–Crippen LogP) is 7.31. The van der Waals surface area contributed by atoms with E-state index in [-0.39, 0.29) is 23.6 Å². The van der Waals surface area contributed by atoms with Gasteiger partial charge in [-0.3, -0.25) is 9.72 Å². The Labute approximate surface area is 306 Å². The first-order valence-corrected chi connectivity index (χ1v) is 18.5. The molecular weight excluding hydrogens is 654 g/mol. The summed E-state index contributed by atoms with van der Waals surface area (Å²) in [5.41, 5.74) is 4.37. The van der Waals surface area contributed by atoms with E-state index in [2.05, 4.69) is 70.5 Å². The molecule has 0 bridgehead atoms. The molecule has 0 unspecified atom stereocenters. The lowest BCUT2D eigenvalue weighted by molar-refractivity contribution is 0.171. The largest absolute Gasteiger partial charge is 0.492 e. The highest BCUT2D eigenvalue weighted by atomic mass is 16.5. The Kier molecular flexibility index (Phi) is 10.1. The number of benzene rings is 2. The molecule has 2 N–H and O–H groups in total. The average molecular weight is 706 g/mol. The first-order chi connectivity index (χ1) is 25.0. The molecule has 0 radical (unpaired) electrons. The van der Waals surface area contributed by atoms with Crippen molar-refractivity contribution in [3.05, 3.63) is 89.7 Å². The first kappa shape index (κ1) is 35.3. The van der Waals surface area contributed by atoms with Crippen molar-refractivity contribution in [2.75, 3.05) is 44.0 Å². The molecule has 12 heteroatoms. The van der Waals surface area contributed by atoms with E-state index in [1.54, 1.807) is 4.68 Å².